The highest BCUT2D eigenvalue weighted by Gasteiger charge is 2.14. The Morgan fingerprint density at radius 3 is 2.88 bits per heavy atom. The van der Waals surface area contributed by atoms with Crippen molar-refractivity contribution in [2.45, 2.75) is 33.6 Å². The maximum atomic E-state index is 12.0. The minimum atomic E-state index is 0.197. The Bertz CT molecular complexity index is 536. The molecule has 0 bridgehead atoms. The highest BCUT2D eigenvalue weighted by molar-refractivity contribution is 7.17. The average Bonchev–Trinajstić information content (AvgIpc) is 2.71. The molecule has 90 valence electrons. The number of aromatic nitrogens is 1. The van der Waals surface area contributed by atoms with Crippen LogP contribution in [0.25, 0.3) is 10.2 Å². The first-order valence-corrected chi connectivity index (χ1v) is 6.70. The van der Waals surface area contributed by atoms with Gasteiger partial charge >= 0.3 is 0 Å². The third-order valence-electron chi connectivity index (χ3n) is 2.73. The van der Waals surface area contributed by atoms with Crippen LogP contribution in [0.1, 0.15) is 44.0 Å². The van der Waals surface area contributed by atoms with Gasteiger partial charge in [0.2, 0.25) is 0 Å². The van der Waals surface area contributed by atoms with Crippen LogP contribution in [0.15, 0.2) is 23.7 Å². The van der Waals surface area contributed by atoms with E-state index in [2.05, 4.69) is 25.8 Å². The van der Waals surface area contributed by atoms with Crippen LogP contribution in [-0.2, 0) is 0 Å². The van der Waals surface area contributed by atoms with Gasteiger partial charge in [-0.25, -0.2) is 0 Å². The molecule has 0 spiro atoms. The van der Waals surface area contributed by atoms with Gasteiger partial charge in [0.25, 0.3) is 0 Å². The van der Waals surface area contributed by atoms with E-state index in [9.17, 15) is 4.79 Å². The zero-order valence-electron chi connectivity index (χ0n) is 10.5. The molecule has 17 heavy (non-hydrogen) atoms. The lowest BCUT2D eigenvalue weighted by molar-refractivity contribution is 0.0966. The van der Waals surface area contributed by atoms with E-state index >= 15 is 0 Å². The zero-order valence-corrected chi connectivity index (χ0v) is 11.3. The number of rotatable bonds is 3. The van der Waals surface area contributed by atoms with Crippen molar-refractivity contribution in [2.24, 2.45) is 5.41 Å². The smallest absolute Gasteiger partial charge is 0.164 e. The van der Waals surface area contributed by atoms with Gasteiger partial charge in [0.05, 0.1) is 10.2 Å². The molecule has 2 aromatic heterocycles. The molecule has 2 heterocycles. The van der Waals surface area contributed by atoms with Gasteiger partial charge in [0.1, 0.15) is 0 Å². The van der Waals surface area contributed by atoms with Crippen molar-refractivity contribution in [3.63, 3.8) is 0 Å². The van der Waals surface area contributed by atoms with Gasteiger partial charge in [-0.3, -0.25) is 9.78 Å². The second-order valence-corrected chi connectivity index (χ2v) is 6.46. The average molecular weight is 247 g/mol. The van der Waals surface area contributed by atoms with Crippen LogP contribution in [0.5, 0.6) is 0 Å². The molecule has 0 aliphatic heterocycles. The van der Waals surface area contributed by atoms with Gasteiger partial charge in [-0.2, -0.15) is 0 Å². The van der Waals surface area contributed by atoms with Gasteiger partial charge in [-0.1, -0.05) is 20.8 Å². The molecule has 2 aromatic rings. The van der Waals surface area contributed by atoms with Crippen LogP contribution in [-0.4, -0.2) is 10.8 Å². The quantitative estimate of drug-likeness (QED) is 0.757. The third kappa shape index (κ3) is 3.13. The Morgan fingerprint density at radius 1 is 1.41 bits per heavy atom. The monoisotopic (exact) mass is 247 g/mol. The van der Waals surface area contributed by atoms with E-state index in [1.54, 1.807) is 17.5 Å². The molecule has 0 amide bonds. The molecule has 0 saturated carbocycles. The van der Waals surface area contributed by atoms with E-state index in [4.69, 9.17) is 0 Å². The molecule has 2 rings (SSSR count). The summed E-state index contributed by atoms with van der Waals surface area (Å²) >= 11 is 1.63. The van der Waals surface area contributed by atoms with Crippen LogP contribution in [0.2, 0.25) is 0 Å². The summed E-state index contributed by atoms with van der Waals surface area (Å²) in [5.41, 5.74) is 1.92. The molecule has 0 saturated heterocycles. The zero-order chi connectivity index (χ0) is 12.5. The molecule has 0 unspecified atom stereocenters. The number of fused-ring (bicyclic) bond motifs is 1. The van der Waals surface area contributed by atoms with E-state index < -0.39 is 0 Å². The number of pyridine rings is 1. The van der Waals surface area contributed by atoms with Gasteiger partial charge in [-0.15, -0.1) is 11.3 Å². The summed E-state index contributed by atoms with van der Waals surface area (Å²) in [7, 11) is 0. The Labute approximate surface area is 106 Å². The van der Waals surface area contributed by atoms with E-state index in [0.717, 1.165) is 22.2 Å². The number of hydrogen-bond acceptors (Lipinski definition) is 3. The van der Waals surface area contributed by atoms with Crippen molar-refractivity contribution in [3.05, 3.63) is 29.3 Å². The fourth-order valence-corrected chi connectivity index (χ4v) is 2.41. The Morgan fingerprint density at radius 2 is 2.18 bits per heavy atom. The molecule has 0 aliphatic carbocycles. The van der Waals surface area contributed by atoms with Crippen molar-refractivity contribution in [1.82, 2.24) is 4.98 Å². The normalized spacial score (nSPS) is 11.9. The Balaban J connectivity index is 2.13. The fourth-order valence-electron chi connectivity index (χ4n) is 1.63. The molecular weight excluding hydrogens is 230 g/mol. The van der Waals surface area contributed by atoms with Crippen LogP contribution in [0.4, 0.5) is 0 Å². The molecule has 0 atom stereocenters. The van der Waals surface area contributed by atoms with Gasteiger partial charge < -0.3 is 0 Å². The summed E-state index contributed by atoms with van der Waals surface area (Å²) in [6.45, 7) is 6.46. The van der Waals surface area contributed by atoms with Gasteiger partial charge in [0.15, 0.2) is 5.78 Å². The lowest BCUT2D eigenvalue weighted by Gasteiger charge is -2.16. The summed E-state index contributed by atoms with van der Waals surface area (Å²) in [6, 6.07) is 3.93. The number of hydrogen-bond donors (Lipinski definition) is 0. The second-order valence-electron chi connectivity index (χ2n) is 5.51. The van der Waals surface area contributed by atoms with Crippen molar-refractivity contribution in [1.29, 1.82) is 0 Å². The number of carbonyl (C=O) groups excluding carboxylic acids is 1. The third-order valence-corrected chi connectivity index (χ3v) is 3.58. The Kier molecular flexibility index (Phi) is 3.29. The highest BCUT2D eigenvalue weighted by Crippen LogP contribution is 2.24. The predicted octanol–water partition coefficient (Wildman–Crippen LogP) is 4.31. The number of carbonyl (C=O) groups is 1. The van der Waals surface area contributed by atoms with Gasteiger partial charge in [-0.05, 0) is 29.3 Å². The van der Waals surface area contributed by atoms with Crippen molar-refractivity contribution < 1.29 is 4.79 Å². The van der Waals surface area contributed by atoms with Crippen LogP contribution in [0.3, 0.4) is 0 Å². The summed E-state index contributed by atoms with van der Waals surface area (Å²) in [6.07, 6.45) is 3.20. The fraction of sp³-hybridized carbons (Fsp3) is 0.429. The first-order valence-electron chi connectivity index (χ1n) is 5.82. The standard InChI is InChI=1S/C14H17NOS/c1-14(2,3)6-4-12(16)10-8-13-11(15-9-10)5-7-17-13/h5,7-9H,4,6H2,1-3H3. The number of Topliss-reactive ketones (excluding diaryl/α,β-unsaturated/α-hetero) is 1. The van der Waals surface area contributed by atoms with Crippen molar-refractivity contribution >= 4 is 27.3 Å². The number of nitrogens with zero attached hydrogens (tertiary/aromatic N) is 1. The largest absolute Gasteiger partial charge is 0.294 e. The molecule has 0 radical (unpaired) electrons. The molecule has 0 N–H and O–H groups in total. The molecule has 0 aliphatic rings. The van der Waals surface area contributed by atoms with Crippen molar-refractivity contribution in [3.8, 4) is 0 Å². The molecule has 2 nitrogen and oxygen atoms in total. The maximum Gasteiger partial charge on any atom is 0.164 e. The first kappa shape index (κ1) is 12.2. The van der Waals surface area contributed by atoms with E-state index in [-0.39, 0.29) is 11.2 Å². The Hall–Kier alpha value is -1.22. The van der Waals surface area contributed by atoms with E-state index in [0.29, 0.717) is 6.42 Å². The molecule has 0 aromatic carbocycles. The number of ketones is 1. The lowest BCUT2D eigenvalue weighted by Crippen LogP contribution is -2.09. The minimum absolute atomic E-state index is 0.197. The van der Waals surface area contributed by atoms with Crippen LogP contribution in [0, 0.1) is 5.41 Å². The first-order chi connectivity index (χ1) is 7.96. The summed E-state index contributed by atoms with van der Waals surface area (Å²) < 4.78 is 1.09. The van der Waals surface area contributed by atoms with E-state index in [1.807, 2.05) is 17.5 Å². The van der Waals surface area contributed by atoms with Crippen LogP contribution < -0.4 is 0 Å². The summed E-state index contributed by atoms with van der Waals surface area (Å²) in [5, 5.41) is 2.00. The second kappa shape index (κ2) is 4.57. The molecule has 0 fully saturated rings. The van der Waals surface area contributed by atoms with Crippen molar-refractivity contribution in [2.75, 3.05) is 0 Å². The lowest BCUT2D eigenvalue weighted by atomic mass is 9.89. The van der Waals surface area contributed by atoms with Crippen LogP contribution >= 0.6 is 11.3 Å². The van der Waals surface area contributed by atoms with E-state index in [1.165, 1.54) is 0 Å². The molecule has 3 heteroatoms. The topological polar surface area (TPSA) is 30.0 Å². The summed E-state index contributed by atoms with van der Waals surface area (Å²) in [5.74, 6) is 0.197. The number of thiophene rings is 1. The summed E-state index contributed by atoms with van der Waals surface area (Å²) in [4.78, 5) is 16.3. The minimum Gasteiger partial charge on any atom is -0.294 e. The van der Waals surface area contributed by atoms with Gasteiger partial charge in [0, 0.05) is 18.2 Å². The maximum absolute atomic E-state index is 12.0. The highest BCUT2D eigenvalue weighted by atomic mass is 32.1. The SMILES string of the molecule is CC(C)(C)CCC(=O)c1cnc2ccsc2c1. The molecular formula is C14H17NOS. The predicted molar refractivity (Wildman–Crippen MR) is 72.6 cm³/mol.